The van der Waals surface area contributed by atoms with Gasteiger partial charge in [0.25, 0.3) is 5.91 Å². The molecule has 8 heteroatoms. The molecule has 4 amide bonds. The lowest BCUT2D eigenvalue weighted by atomic mass is 10.4. The lowest BCUT2D eigenvalue weighted by Gasteiger charge is -2.15. The van der Waals surface area contributed by atoms with E-state index in [4.69, 9.17) is 0 Å². The highest BCUT2D eigenvalue weighted by molar-refractivity contribution is 7.13. The van der Waals surface area contributed by atoms with Crippen molar-refractivity contribution in [3.05, 3.63) is 11.1 Å². The topological polar surface area (TPSA) is 82.6 Å². The van der Waals surface area contributed by atoms with Gasteiger partial charge in [0.05, 0.1) is 12.2 Å². The minimum Gasteiger partial charge on any atom is -0.312 e. The van der Waals surface area contributed by atoms with Crippen molar-refractivity contribution in [2.75, 3.05) is 11.9 Å². The summed E-state index contributed by atoms with van der Waals surface area (Å²) in [4.78, 5) is 42.0. The zero-order valence-corrected chi connectivity index (χ0v) is 11.8. The zero-order chi connectivity index (χ0) is 14.3. The number of rotatable bonds is 4. The van der Waals surface area contributed by atoms with E-state index >= 15 is 0 Å². The molecular formula is C12H14N4O3S. The molecular weight excluding hydrogens is 280 g/mol. The summed E-state index contributed by atoms with van der Waals surface area (Å²) in [7, 11) is 0. The van der Waals surface area contributed by atoms with E-state index < -0.39 is 0 Å². The Kier molecular flexibility index (Phi) is 3.17. The third-order valence-corrected chi connectivity index (χ3v) is 4.03. The van der Waals surface area contributed by atoms with Gasteiger partial charge in [0, 0.05) is 18.3 Å². The molecule has 0 atom stereocenters. The average Bonchev–Trinajstić information content (AvgIpc) is 3.07. The van der Waals surface area contributed by atoms with Crippen molar-refractivity contribution in [2.24, 2.45) is 0 Å². The number of thiazole rings is 1. The Morgan fingerprint density at radius 2 is 2.25 bits per heavy atom. The highest BCUT2D eigenvalue weighted by Crippen LogP contribution is 2.31. The van der Waals surface area contributed by atoms with Gasteiger partial charge in [-0.3, -0.25) is 14.5 Å². The van der Waals surface area contributed by atoms with Crippen molar-refractivity contribution in [3.8, 4) is 0 Å². The van der Waals surface area contributed by atoms with Gasteiger partial charge >= 0.3 is 6.03 Å². The van der Waals surface area contributed by atoms with Gasteiger partial charge in [-0.2, -0.15) is 0 Å². The Labute approximate surface area is 119 Å². The molecule has 1 aliphatic heterocycles. The molecule has 2 heterocycles. The molecule has 0 spiro atoms. The van der Waals surface area contributed by atoms with Crippen LogP contribution in [0.3, 0.4) is 0 Å². The second-order valence-corrected chi connectivity index (χ2v) is 5.80. The van der Waals surface area contributed by atoms with Gasteiger partial charge in [0.15, 0.2) is 5.13 Å². The van der Waals surface area contributed by atoms with E-state index in [1.165, 1.54) is 23.2 Å². The molecule has 1 aromatic heterocycles. The van der Waals surface area contributed by atoms with Crippen LogP contribution in [0, 0.1) is 0 Å². The van der Waals surface area contributed by atoms with Crippen LogP contribution in [0.2, 0.25) is 0 Å². The lowest BCUT2D eigenvalue weighted by Crippen LogP contribution is -2.33. The number of carbonyl (C=O) groups excluding carboxylic acids is 3. The normalized spacial score (nSPS) is 18.9. The van der Waals surface area contributed by atoms with E-state index in [1.807, 2.05) is 0 Å². The number of imide groups is 1. The maximum Gasteiger partial charge on any atom is 0.327 e. The van der Waals surface area contributed by atoms with Crippen LogP contribution in [0.5, 0.6) is 0 Å². The maximum absolute atomic E-state index is 12.1. The summed E-state index contributed by atoms with van der Waals surface area (Å²) < 4.78 is 0. The Morgan fingerprint density at radius 1 is 1.50 bits per heavy atom. The van der Waals surface area contributed by atoms with Crippen molar-refractivity contribution < 1.29 is 14.4 Å². The zero-order valence-electron chi connectivity index (χ0n) is 11.0. The molecule has 3 rings (SSSR count). The van der Waals surface area contributed by atoms with E-state index in [9.17, 15) is 14.4 Å². The molecule has 106 valence electrons. The van der Waals surface area contributed by atoms with E-state index in [2.05, 4.69) is 10.3 Å². The van der Waals surface area contributed by atoms with Gasteiger partial charge in [-0.15, -0.1) is 11.3 Å². The minimum atomic E-state index is -0.230. The molecule has 0 radical (unpaired) electrons. The van der Waals surface area contributed by atoms with Gasteiger partial charge in [-0.25, -0.2) is 9.78 Å². The highest BCUT2D eigenvalue weighted by Gasteiger charge is 2.43. The Hall–Kier alpha value is -1.96. The molecule has 7 nitrogen and oxygen atoms in total. The molecule has 0 bridgehead atoms. The van der Waals surface area contributed by atoms with Crippen molar-refractivity contribution in [1.82, 2.24) is 14.8 Å². The number of carbonyl (C=O) groups is 3. The van der Waals surface area contributed by atoms with E-state index in [0.29, 0.717) is 10.8 Å². The average molecular weight is 294 g/mol. The van der Waals surface area contributed by atoms with Crippen LogP contribution in [-0.4, -0.2) is 45.2 Å². The maximum atomic E-state index is 12.1. The number of hydrogen-bond donors (Lipinski definition) is 1. The first kappa shape index (κ1) is 13.0. The van der Waals surface area contributed by atoms with Crippen LogP contribution in [0.4, 0.5) is 9.93 Å². The smallest absolute Gasteiger partial charge is 0.312 e. The summed E-state index contributed by atoms with van der Waals surface area (Å²) in [5.41, 5.74) is 0.609. The quantitative estimate of drug-likeness (QED) is 0.841. The number of urea groups is 1. The predicted molar refractivity (Wildman–Crippen MR) is 72.1 cm³/mol. The summed E-state index contributed by atoms with van der Waals surface area (Å²) in [5, 5.41) is 4.80. The van der Waals surface area contributed by atoms with Crippen LogP contribution >= 0.6 is 11.3 Å². The Balaban J connectivity index is 1.67. The van der Waals surface area contributed by atoms with Crippen molar-refractivity contribution in [3.63, 3.8) is 0 Å². The number of aromatic nitrogens is 1. The summed E-state index contributed by atoms with van der Waals surface area (Å²) in [6, 6.07) is 0.00778. The van der Waals surface area contributed by atoms with Crippen LogP contribution < -0.4 is 5.32 Å². The molecule has 1 aromatic rings. The van der Waals surface area contributed by atoms with Gasteiger partial charge < -0.3 is 10.2 Å². The fraction of sp³-hybridized carbons (Fsp3) is 0.500. The third-order valence-electron chi connectivity index (χ3n) is 3.23. The van der Waals surface area contributed by atoms with E-state index in [0.717, 1.165) is 12.8 Å². The van der Waals surface area contributed by atoms with Crippen molar-refractivity contribution >= 4 is 34.3 Å². The minimum absolute atomic E-state index is 0.164. The molecule has 0 aromatic carbocycles. The number of amides is 4. The fourth-order valence-corrected chi connectivity index (χ4v) is 2.88. The molecule has 2 fully saturated rings. The molecule has 1 N–H and O–H groups in total. The molecule has 1 saturated carbocycles. The van der Waals surface area contributed by atoms with E-state index in [1.54, 1.807) is 10.3 Å². The fourth-order valence-electron chi connectivity index (χ4n) is 2.14. The van der Waals surface area contributed by atoms with Gasteiger partial charge in [0.1, 0.15) is 6.54 Å². The molecule has 1 saturated heterocycles. The Bertz CT molecular complexity index is 581. The monoisotopic (exact) mass is 294 g/mol. The Morgan fingerprint density at radius 3 is 2.90 bits per heavy atom. The number of hydrogen-bond acceptors (Lipinski definition) is 5. The summed E-state index contributed by atoms with van der Waals surface area (Å²) in [6.45, 7) is 1.74. The van der Waals surface area contributed by atoms with Crippen LogP contribution in [0.15, 0.2) is 5.38 Å². The number of nitrogens with one attached hydrogen (secondary N) is 1. The number of anilines is 1. The first-order chi connectivity index (χ1) is 9.54. The van der Waals surface area contributed by atoms with Crippen LogP contribution in [0.25, 0.3) is 0 Å². The molecule has 1 aliphatic carbocycles. The summed E-state index contributed by atoms with van der Waals surface area (Å²) in [5.74, 6) is -0.380. The first-order valence-electron chi connectivity index (χ1n) is 6.37. The lowest BCUT2D eigenvalue weighted by molar-refractivity contribution is -0.125. The number of nitrogens with zero attached hydrogens (tertiary/aromatic N) is 3. The van der Waals surface area contributed by atoms with Crippen LogP contribution in [-0.2, 0) is 16.1 Å². The van der Waals surface area contributed by atoms with Crippen molar-refractivity contribution in [1.29, 1.82) is 0 Å². The van der Waals surface area contributed by atoms with Gasteiger partial charge in [-0.05, 0) is 12.8 Å². The van der Waals surface area contributed by atoms with Crippen LogP contribution in [0.1, 0.15) is 25.5 Å². The molecule has 0 unspecified atom stereocenters. The standard InChI is InChI=1S/C12H14N4O3S/c1-7(17)13-11-14-8(6-20-11)4-16-10(18)5-15(12(16)19)9-2-3-9/h6,9H,2-5H2,1H3,(H,13,14,17). The second kappa shape index (κ2) is 4.86. The highest BCUT2D eigenvalue weighted by atomic mass is 32.1. The van der Waals surface area contributed by atoms with Gasteiger partial charge in [0.2, 0.25) is 5.91 Å². The van der Waals surface area contributed by atoms with Gasteiger partial charge in [-0.1, -0.05) is 0 Å². The molecule has 2 aliphatic rings. The summed E-state index contributed by atoms with van der Waals surface area (Å²) >= 11 is 1.28. The molecule has 20 heavy (non-hydrogen) atoms. The SMILES string of the molecule is CC(=O)Nc1nc(CN2C(=O)CN(C3CC3)C2=O)cs1. The predicted octanol–water partition coefficient (Wildman–Crippen LogP) is 1.03. The third kappa shape index (κ3) is 2.51. The first-order valence-corrected chi connectivity index (χ1v) is 7.25. The van der Waals surface area contributed by atoms with Crippen molar-refractivity contribution in [2.45, 2.75) is 32.4 Å². The van der Waals surface area contributed by atoms with E-state index in [-0.39, 0.29) is 37.0 Å². The summed E-state index contributed by atoms with van der Waals surface area (Å²) in [6.07, 6.45) is 1.96. The second-order valence-electron chi connectivity index (χ2n) is 4.95. The largest absolute Gasteiger partial charge is 0.327 e.